The molecular weight excluding hydrogens is 384 g/mol. The van der Waals surface area contributed by atoms with Crippen molar-refractivity contribution in [2.45, 2.75) is 6.42 Å². The third-order valence-electron chi connectivity index (χ3n) is 4.58. The Labute approximate surface area is 153 Å². The maximum atomic E-state index is 12.6. The molecule has 0 atom stereocenters. The highest BCUT2D eigenvalue weighted by molar-refractivity contribution is 9.10. The highest BCUT2D eigenvalue weighted by Crippen LogP contribution is 2.33. The lowest BCUT2D eigenvalue weighted by molar-refractivity contribution is 0.0677. The Morgan fingerprint density at radius 2 is 1.80 bits per heavy atom. The lowest BCUT2D eigenvalue weighted by Gasteiger charge is -2.23. The van der Waals surface area contributed by atoms with Gasteiger partial charge in [0.1, 0.15) is 5.75 Å². The molecule has 2 aliphatic heterocycles. The monoisotopic (exact) mass is 398 g/mol. The van der Waals surface area contributed by atoms with Crippen LogP contribution in [-0.2, 0) is 6.42 Å². The summed E-state index contributed by atoms with van der Waals surface area (Å²) < 4.78 is 6.47. The van der Waals surface area contributed by atoms with E-state index in [4.69, 9.17) is 4.74 Å². The van der Waals surface area contributed by atoms with Crippen LogP contribution in [-0.4, -0.2) is 42.6 Å². The van der Waals surface area contributed by atoms with Crippen LogP contribution in [0.1, 0.15) is 31.8 Å². The number of amides is 2. The third kappa shape index (κ3) is 2.48. The van der Waals surface area contributed by atoms with E-state index in [9.17, 15) is 9.59 Å². The number of hydrogen-bond donors (Lipinski definition) is 0. The molecule has 2 aromatic rings. The Morgan fingerprint density at radius 3 is 2.44 bits per heavy atom. The molecule has 0 radical (unpaired) electrons. The van der Waals surface area contributed by atoms with Gasteiger partial charge in [-0.1, -0.05) is 28.1 Å². The van der Waals surface area contributed by atoms with Gasteiger partial charge in [0, 0.05) is 16.6 Å². The van der Waals surface area contributed by atoms with Gasteiger partial charge >= 0.3 is 0 Å². The van der Waals surface area contributed by atoms with Crippen LogP contribution >= 0.6 is 15.9 Å². The van der Waals surface area contributed by atoms with Crippen LogP contribution in [0.15, 0.2) is 45.9 Å². The first-order chi connectivity index (χ1) is 12.1. The summed E-state index contributed by atoms with van der Waals surface area (Å²) in [6.45, 7) is 0.767. The molecule has 2 aromatic carbocycles. The number of methoxy groups -OCH3 is 1. The highest BCUT2D eigenvalue weighted by atomic mass is 79.9. The van der Waals surface area contributed by atoms with Crippen molar-refractivity contribution in [1.82, 2.24) is 4.90 Å². The van der Waals surface area contributed by atoms with Crippen molar-refractivity contribution in [1.29, 1.82) is 0 Å². The number of fused-ring (bicyclic) bond motifs is 2. The predicted molar refractivity (Wildman–Crippen MR) is 97.6 cm³/mol. The number of hydrogen-bond acceptors (Lipinski definition) is 4. The van der Waals surface area contributed by atoms with Crippen LogP contribution in [0.25, 0.3) is 0 Å². The number of benzene rings is 2. The second-order valence-corrected chi connectivity index (χ2v) is 6.78. The number of rotatable bonds is 3. The second-order valence-electron chi connectivity index (χ2n) is 5.92. The molecule has 126 valence electrons. The summed E-state index contributed by atoms with van der Waals surface area (Å²) in [6, 6.07) is 10.7. The molecule has 25 heavy (non-hydrogen) atoms. The molecule has 6 heteroatoms. The van der Waals surface area contributed by atoms with Gasteiger partial charge in [-0.3, -0.25) is 19.5 Å². The van der Waals surface area contributed by atoms with Crippen LogP contribution in [0.2, 0.25) is 0 Å². The fourth-order valence-electron chi connectivity index (χ4n) is 3.38. The van der Waals surface area contributed by atoms with Crippen LogP contribution < -0.4 is 4.74 Å². The maximum absolute atomic E-state index is 12.6. The van der Waals surface area contributed by atoms with Gasteiger partial charge in [-0.15, -0.1) is 0 Å². The minimum Gasteiger partial charge on any atom is -0.496 e. The molecule has 0 spiro atoms. The van der Waals surface area contributed by atoms with Gasteiger partial charge in [-0.05, 0) is 36.2 Å². The van der Waals surface area contributed by atoms with E-state index in [0.29, 0.717) is 29.1 Å². The Bertz CT molecular complexity index is 901. The molecule has 2 aliphatic rings. The first-order valence-electron chi connectivity index (χ1n) is 7.96. The quantitative estimate of drug-likeness (QED) is 0.746. The zero-order valence-electron chi connectivity index (χ0n) is 13.6. The van der Waals surface area contributed by atoms with E-state index in [0.717, 1.165) is 22.0 Å². The normalized spacial score (nSPS) is 15.8. The number of carbonyl (C=O) groups is 2. The van der Waals surface area contributed by atoms with E-state index < -0.39 is 0 Å². The van der Waals surface area contributed by atoms with Crippen LogP contribution in [0, 0.1) is 0 Å². The summed E-state index contributed by atoms with van der Waals surface area (Å²) in [5, 5.41) is 0. The summed E-state index contributed by atoms with van der Waals surface area (Å²) in [4.78, 5) is 31.1. The zero-order chi connectivity index (χ0) is 17.6. The van der Waals surface area contributed by atoms with Crippen LogP contribution in [0.3, 0.4) is 0 Å². The molecule has 0 unspecified atom stereocenters. The topological polar surface area (TPSA) is 59.0 Å². The second kappa shape index (κ2) is 6.11. The first-order valence-corrected chi connectivity index (χ1v) is 8.75. The van der Waals surface area contributed by atoms with Gasteiger partial charge < -0.3 is 4.74 Å². The summed E-state index contributed by atoms with van der Waals surface area (Å²) in [6.07, 6.45) is 0.790. The molecule has 0 fully saturated rings. The summed E-state index contributed by atoms with van der Waals surface area (Å²) in [7, 11) is 1.61. The van der Waals surface area contributed by atoms with E-state index >= 15 is 0 Å². The Kier molecular flexibility index (Phi) is 3.92. The summed E-state index contributed by atoms with van der Waals surface area (Å²) >= 11 is 3.57. The minimum absolute atomic E-state index is 0.145. The molecular formula is C19H15BrN2O3. The molecule has 5 nitrogen and oxygen atoms in total. The average molecular weight is 399 g/mol. The number of aliphatic imine (C=N–C) groups is 1. The highest BCUT2D eigenvalue weighted by Gasteiger charge is 2.37. The Morgan fingerprint density at radius 1 is 1.12 bits per heavy atom. The van der Waals surface area contributed by atoms with Gasteiger partial charge in [0.2, 0.25) is 0 Å². The summed E-state index contributed by atoms with van der Waals surface area (Å²) in [5.74, 6) is 0.155. The van der Waals surface area contributed by atoms with Crippen molar-refractivity contribution in [2.24, 2.45) is 4.99 Å². The van der Waals surface area contributed by atoms with E-state index in [-0.39, 0.29) is 18.4 Å². The van der Waals surface area contributed by atoms with E-state index in [1.54, 1.807) is 31.4 Å². The lowest BCUT2D eigenvalue weighted by Crippen LogP contribution is -2.36. The number of nitrogens with zero attached hydrogens (tertiary/aromatic N) is 2. The predicted octanol–water partition coefficient (Wildman–Crippen LogP) is 3.10. The Balaban J connectivity index is 1.73. The van der Waals surface area contributed by atoms with E-state index in [2.05, 4.69) is 20.9 Å². The van der Waals surface area contributed by atoms with Gasteiger partial charge in [-0.25, -0.2) is 0 Å². The molecule has 0 saturated heterocycles. The maximum Gasteiger partial charge on any atom is 0.261 e. The van der Waals surface area contributed by atoms with Crippen molar-refractivity contribution in [2.75, 3.05) is 20.2 Å². The number of halogens is 1. The van der Waals surface area contributed by atoms with Gasteiger partial charge in [0.15, 0.2) is 0 Å². The third-order valence-corrected chi connectivity index (χ3v) is 5.32. The Hall–Kier alpha value is -2.47. The van der Waals surface area contributed by atoms with Crippen molar-refractivity contribution >= 4 is 33.5 Å². The smallest absolute Gasteiger partial charge is 0.261 e. The van der Waals surface area contributed by atoms with Gasteiger partial charge in [-0.2, -0.15) is 0 Å². The largest absolute Gasteiger partial charge is 0.496 e. The lowest BCUT2D eigenvalue weighted by atomic mass is 9.96. The fourth-order valence-corrected chi connectivity index (χ4v) is 3.90. The molecule has 0 bridgehead atoms. The fraction of sp³-hybridized carbons (Fsp3) is 0.211. The molecule has 0 N–H and O–H groups in total. The van der Waals surface area contributed by atoms with Crippen LogP contribution in [0.5, 0.6) is 5.75 Å². The SMILES string of the molecule is COc1ccc(Br)c2c1C(CN1C(=O)c3ccccc3C1=O)=NCC2. The molecule has 0 saturated carbocycles. The molecule has 0 aromatic heterocycles. The average Bonchev–Trinajstić information content (AvgIpc) is 2.88. The van der Waals surface area contributed by atoms with E-state index in [1.807, 2.05) is 12.1 Å². The van der Waals surface area contributed by atoms with Crippen molar-refractivity contribution in [3.8, 4) is 5.75 Å². The summed E-state index contributed by atoms with van der Waals surface area (Å²) in [5.41, 5.74) is 3.57. The standard InChI is InChI=1S/C19H15BrN2O3/c1-25-16-7-6-14(20)13-8-9-21-15(17(13)16)10-22-18(23)11-4-2-3-5-12(11)19(22)24/h2-7H,8-10H2,1H3. The molecule has 2 heterocycles. The zero-order valence-corrected chi connectivity index (χ0v) is 15.2. The number of ether oxygens (including phenoxy) is 1. The molecule has 0 aliphatic carbocycles. The molecule has 4 rings (SSSR count). The minimum atomic E-state index is -0.274. The van der Waals surface area contributed by atoms with E-state index in [1.165, 1.54) is 4.90 Å². The molecule has 2 amide bonds. The van der Waals surface area contributed by atoms with Gasteiger partial charge in [0.25, 0.3) is 11.8 Å². The number of imide groups is 1. The van der Waals surface area contributed by atoms with Crippen molar-refractivity contribution < 1.29 is 14.3 Å². The number of carbonyl (C=O) groups excluding carboxylic acids is 2. The van der Waals surface area contributed by atoms with Gasteiger partial charge in [0.05, 0.1) is 30.5 Å². The first kappa shape index (κ1) is 16.0. The van der Waals surface area contributed by atoms with Crippen molar-refractivity contribution in [3.63, 3.8) is 0 Å². The van der Waals surface area contributed by atoms with Crippen LogP contribution in [0.4, 0.5) is 0 Å². The van der Waals surface area contributed by atoms with Crippen molar-refractivity contribution in [3.05, 3.63) is 63.1 Å².